The summed E-state index contributed by atoms with van der Waals surface area (Å²) >= 11 is 1.26. The Balaban J connectivity index is 3.22. The van der Waals surface area contributed by atoms with Gasteiger partial charge < -0.3 is 5.11 Å². The van der Waals surface area contributed by atoms with Gasteiger partial charge >= 0.3 is 0 Å². The third kappa shape index (κ3) is 3.50. The first-order valence-corrected chi connectivity index (χ1v) is 5.92. The number of nitriles is 1. The van der Waals surface area contributed by atoms with E-state index >= 15 is 0 Å². The molecule has 0 saturated carbocycles. The van der Waals surface area contributed by atoms with Crippen LogP contribution in [0.15, 0.2) is 23.2 Å². The minimum atomic E-state index is -0.197. The lowest BCUT2D eigenvalue weighted by Gasteiger charge is -2.04. The topological polar surface area (TPSA) is 85.5 Å². The lowest BCUT2D eigenvalue weighted by Crippen LogP contribution is -2.12. The highest BCUT2D eigenvalue weighted by Gasteiger charge is 2.08. The lowest BCUT2D eigenvalue weighted by molar-refractivity contribution is 0.101. The Kier molecular flexibility index (Phi) is 4.55. The predicted octanol–water partition coefficient (Wildman–Crippen LogP) is 2.02. The molecule has 0 aliphatic rings. The van der Waals surface area contributed by atoms with Gasteiger partial charge in [0.25, 0.3) is 0 Å². The van der Waals surface area contributed by atoms with Gasteiger partial charge in [-0.15, -0.1) is 0 Å². The highest BCUT2D eigenvalue weighted by Crippen LogP contribution is 2.25. The van der Waals surface area contributed by atoms with Crippen molar-refractivity contribution < 1.29 is 9.90 Å². The van der Waals surface area contributed by atoms with Gasteiger partial charge in [-0.3, -0.25) is 10.1 Å². The molecule has 0 saturated heterocycles. The van der Waals surface area contributed by atoms with Crippen LogP contribution in [-0.2, 0) is 0 Å². The van der Waals surface area contributed by atoms with E-state index in [2.05, 4.69) is 10.3 Å². The fourth-order valence-corrected chi connectivity index (χ4v) is 1.52. The van der Waals surface area contributed by atoms with Crippen molar-refractivity contribution in [2.45, 2.75) is 6.92 Å². The number of nitrogens with one attached hydrogen (secondary N) is 1. The minimum absolute atomic E-state index is 0.00749. The number of benzene rings is 1. The van der Waals surface area contributed by atoms with Crippen molar-refractivity contribution in [2.75, 3.05) is 6.26 Å². The molecule has 0 aromatic heterocycles. The number of nitrogens with zero attached hydrogens (tertiary/aromatic N) is 2. The van der Waals surface area contributed by atoms with Gasteiger partial charge in [0.05, 0.1) is 5.69 Å². The monoisotopic (exact) mass is 249 g/mol. The molecule has 0 amide bonds. The summed E-state index contributed by atoms with van der Waals surface area (Å²) in [5, 5.41) is 20.6. The van der Waals surface area contributed by atoms with E-state index in [9.17, 15) is 9.90 Å². The molecule has 6 heteroatoms. The van der Waals surface area contributed by atoms with Crippen LogP contribution in [0.2, 0.25) is 0 Å². The van der Waals surface area contributed by atoms with Crippen molar-refractivity contribution in [2.24, 2.45) is 4.99 Å². The summed E-state index contributed by atoms with van der Waals surface area (Å²) in [6.45, 7) is 1.39. The van der Waals surface area contributed by atoms with Crippen LogP contribution in [0.5, 0.6) is 5.75 Å². The molecule has 0 atom stereocenters. The number of amidine groups is 1. The number of phenols is 1. The molecule has 0 radical (unpaired) electrons. The van der Waals surface area contributed by atoms with Crippen molar-refractivity contribution in [1.82, 2.24) is 5.32 Å². The standard InChI is InChI=1S/C11H11N3O2S/c1-7(15)9-5-8(16)3-4-10(9)14-11(17-2)13-6-12/h3-5,16H,1-2H3,(H,13,14). The van der Waals surface area contributed by atoms with Gasteiger partial charge in [0.2, 0.25) is 0 Å². The molecule has 0 aliphatic heterocycles. The van der Waals surface area contributed by atoms with Crippen LogP contribution in [0.25, 0.3) is 0 Å². The Morgan fingerprint density at radius 2 is 2.29 bits per heavy atom. The van der Waals surface area contributed by atoms with E-state index < -0.39 is 0 Å². The summed E-state index contributed by atoms with van der Waals surface area (Å²) < 4.78 is 0. The molecule has 5 nitrogen and oxygen atoms in total. The van der Waals surface area contributed by atoms with E-state index in [0.717, 1.165) is 0 Å². The Hall–Kier alpha value is -2.00. The van der Waals surface area contributed by atoms with Gasteiger partial charge in [0.15, 0.2) is 17.1 Å². The second-order valence-corrected chi connectivity index (χ2v) is 3.91. The summed E-state index contributed by atoms with van der Waals surface area (Å²) in [6.07, 6.45) is 3.52. The number of hydrogen-bond donors (Lipinski definition) is 2. The summed E-state index contributed by atoms with van der Waals surface area (Å²) in [5.41, 5.74) is 0.735. The molecular formula is C11H11N3O2S. The fourth-order valence-electron chi connectivity index (χ4n) is 1.19. The zero-order chi connectivity index (χ0) is 12.8. The average Bonchev–Trinajstić information content (AvgIpc) is 2.30. The number of carbonyl (C=O) groups is 1. The lowest BCUT2D eigenvalue weighted by atomic mass is 10.1. The molecule has 88 valence electrons. The molecule has 0 spiro atoms. The molecule has 1 aromatic carbocycles. The Morgan fingerprint density at radius 3 is 2.82 bits per heavy atom. The van der Waals surface area contributed by atoms with E-state index in [0.29, 0.717) is 16.4 Å². The number of rotatable bonds is 2. The van der Waals surface area contributed by atoms with Gasteiger partial charge in [-0.2, -0.15) is 5.26 Å². The third-order valence-electron chi connectivity index (χ3n) is 1.94. The molecule has 0 unspecified atom stereocenters. The number of hydrogen-bond acceptors (Lipinski definition) is 5. The smallest absolute Gasteiger partial charge is 0.183 e. The summed E-state index contributed by atoms with van der Waals surface area (Å²) in [6, 6.07) is 4.32. The zero-order valence-electron chi connectivity index (χ0n) is 9.39. The quantitative estimate of drug-likeness (QED) is 0.275. The zero-order valence-corrected chi connectivity index (χ0v) is 10.2. The number of carbonyl (C=O) groups excluding carboxylic acids is 1. The second kappa shape index (κ2) is 5.92. The maximum atomic E-state index is 11.4. The molecular weight excluding hydrogens is 238 g/mol. The third-order valence-corrected chi connectivity index (χ3v) is 2.52. The molecule has 0 fully saturated rings. The normalized spacial score (nSPS) is 10.8. The Labute approximate surface area is 103 Å². The molecule has 1 aromatic rings. The average molecular weight is 249 g/mol. The van der Waals surface area contributed by atoms with E-state index in [1.54, 1.807) is 12.4 Å². The highest BCUT2D eigenvalue weighted by atomic mass is 32.2. The SMILES string of the molecule is CSC(=Nc1ccc(O)cc1C(C)=O)NC#N. The molecule has 2 N–H and O–H groups in total. The van der Waals surface area contributed by atoms with Gasteiger partial charge in [-0.05, 0) is 31.4 Å². The number of thioether (sulfide) groups is 1. The fraction of sp³-hybridized carbons (Fsp3) is 0.182. The minimum Gasteiger partial charge on any atom is -0.508 e. The van der Waals surface area contributed by atoms with Crippen LogP contribution >= 0.6 is 11.8 Å². The van der Waals surface area contributed by atoms with Crippen LogP contribution in [0.1, 0.15) is 17.3 Å². The molecule has 0 aliphatic carbocycles. The highest BCUT2D eigenvalue weighted by molar-refractivity contribution is 8.13. The van der Waals surface area contributed by atoms with Crippen LogP contribution in [-0.4, -0.2) is 22.3 Å². The van der Waals surface area contributed by atoms with Crippen LogP contribution in [0, 0.1) is 11.5 Å². The van der Waals surface area contributed by atoms with Crippen molar-refractivity contribution >= 4 is 28.4 Å². The predicted molar refractivity (Wildman–Crippen MR) is 67.5 cm³/mol. The first kappa shape index (κ1) is 13.1. The maximum absolute atomic E-state index is 11.4. The molecule has 17 heavy (non-hydrogen) atoms. The number of phenolic OH excluding ortho intramolecular Hbond substituents is 1. The van der Waals surface area contributed by atoms with E-state index in [-0.39, 0.29) is 11.5 Å². The first-order valence-electron chi connectivity index (χ1n) is 4.70. The van der Waals surface area contributed by atoms with Crippen molar-refractivity contribution in [1.29, 1.82) is 5.26 Å². The van der Waals surface area contributed by atoms with Gasteiger partial charge in [-0.25, -0.2) is 4.99 Å². The summed E-state index contributed by atoms with van der Waals surface area (Å²) in [7, 11) is 0. The van der Waals surface area contributed by atoms with Crippen LogP contribution < -0.4 is 5.32 Å². The van der Waals surface area contributed by atoms with Crippen molar-refractivity contribution in [3.8, 4) is 11.9 Å². The number of Topliss-reactive ketones (excluding diaryl/α,β-unsaturated/α-hetero) is 1. The maximum Gasteiger partial charge on any atom is 0.183 e. The Bertz CT molecular complexity index is 506. The number of ketones is 1. The molecule has 0 bridgehead atoms. The van der Waals surface area contributed by atoms with Gasteiger partial charge in [0.1, 0.15) is 5.75 Å². The van der Waals surface area contributed by atoms with E-state index in [1.165, 1.54) is 36.9 Å². The molecule has 1 rings (SSSR count). The molecule has 0 heterocycles. The van der Waals surface area contributed by atoms with Crippen LogP contribution in [0.3, 0.4) is 0 Å². The number of aliphatic imine (C=N–C) groups is 1. The number of aromatic hydroxyl groups is 1. The second-order valence-electron chi connectivity index (χ2n) is 3.12. The van der Waals surface area contributed by atoms with Gasteiger partial charge in [-0.1, -0.05) is 11.8 Å². The largest absolute Gasteiger partial charge is 0.508 e. The Morgan fingerprint density at radius 1 is 1.59 bits per heavy atom. The van der Waals surface area contributed by atoms with E-state index in [1.807, 2.05) is 0 Å². The van der Waals surface area contributed by atoms with Gasteiger partial charge in [0, 0.05) is 5.56 Å². The van der Waals surface area contributed by atoms with E-state index in [4.69, 9.17) is 5.26 Å². The van der Waals surface area contributed by atoms with Crippen molar-refractivity contribution in [3.05, 3.63) is 23.8 Å². The summed E-state index contributed by atoms with van der Waals surface area (Å²) in [4.78, 5) is 15.5. The van der Waals surface area contributed by atoms with Crippen LogP contribution in [0.4, 0.5) is 5.69 Å². The van der Waals surface area contributed by atoms with Crippen molar-refractivity contribution in [3.63, 3.8) is 0 Å². The first-order chi connectivity index (χ1) is 8.08. The summed E-state index contributed by atoms with van der Waals surface area (Å²) in [5.74, 6) is -0.190.